The summed E-state index contributed by atoms with van der Waals surface area (Å²) >= 11 is 9.22. The van der Waals surface area contributed by atoms with Crippen LogP contribution in [0.15, 0.2) is 27.6 Å². The van der Waals surface area contributed by atoms with Gasteiger partial charge in [0.1, 0.15) is 4.90 Å². The fourth-order valence-electron chi connectivity index (χ4n) is 2.48. The van der Waals surface area contributed by atoms with Gasteiger partial charge in [-0.15, -0.1) is 0 Å². The quantitative estimate of drug-likeness (QED) is 0.820. The number of benzene rings is 1. The molecule has 1 aliphatic carbocycles. The minimum atomic E-state index is -3.72. The summed E-state index contributed by atoms with van der Waals surface area (Å²) in [4.78, 5) is 0.0279. The fourth-order valence-corrected chi connectivity index (χ4v) is 4.63. The minimum absolute atomic E-state index is 0.0223. The largest absolute Gasteiger partial charge is 0.389 e. The van der Waals surface area contributed by atoms with Gasteiger partial charge in [-0.3, -0.25) is 0 Å². The van der Waals surface area contributed by atoms with E-state index in [0.717, 1.165) is 12.8 Å². The van der Waals surface area contributed by atoms with Crippen molar-refractivity contribution in [2.24, 2.45) is 5.92 Å². The normalized spacial score (nSPS) is 26.8. The summed E-state index contributed by atoms with van der Waals surface area (Å²) in [6.07, 6.45) is 3.06. The molecule has 0 aliphatic heterocycles. The molecule has 0 heterocycles. The van der Waals surface area contributed by atoms with Gasteiger partial charge in [0, 0.05) is 11.0 Å². The Labute approximate surface area is 139 Å². The Morgan fingerprint density at radius 3 is 2.62 bits per heavy atom. The maximum absolute atomic E-state index is 12.3. The van der Waals surface area contributed by atoms with Crippen LogP contribution in [0.3, 0.4) is 0 Å². The van der Waals surface area contributed by atoms with Gasteiger partial charge >= 0.3 is 0 Å². The van der Waals surface area contributed by atoms with E-state index < -0.39 is 15.6 Å². The molecule has 1 fully saturated rings. The number of halogens is 2. The zero-order chi connectivity index (χ0) is 15.7. The third kappa shape index (κ3) is 4.42. The van der Waals surface area contributed by atoms with E-state index in [-0.39, 0.29) is 16.5 Å². The molecule has 1 aromatic carbocycles. The Morgan fingerprint density at radius 1 is 1.43 bits per heavy atom. The van der Waals surface area contributed by atoms with Gasteiger partial charge in [0.15, 0.2) is 0 Å². The van der Waals surface area contributed by atoms with E-state index in [2.05, 4.69) is 27.6 Å². The molecule has 0 spiro atoms. The molecule has 2 N–H and O–H groups in total. The van der Waals surface area contributed by atoms with Gasteiger partial charge in [-0.2, -0.15) is 0 Å². The Hall–Kier alpha value is -0.140. The zero-order valence-corrected chi connectivity index (χ0v) is 14.9. The van der Waals surface area contributed by atoms with Crippen LogP contribution in [0.2, 0.25) is 5.02 Å². The zero-order valence-electron chi connectivity index (χ0n) is 11.8. The first-order chi connectivity index (χ1) is 9.72. The lowest BCUT2D eigenvalue weighted by atomic mass is 9.80. The summed E-state index contributed by atoms with van der Waals surface area (Å²) in [5.74, 6) is 0.586. The van der Waals surface area contributed by atoms with Gasteiger partial charge in [0.25, 0.3) is 0 Å². The van der Waals surface area contributed by atoms with Gasteiger partial charge in [0.2, 0.25) is 10.0 Å². The second-order valence-corrected chi connectivity index (χ2v) is 8.86. The highest BCUT2D eigenvalue weighted by Gasteiger charge is 2.33. The molecular weight excluding hydrogens is 378 g/mol. The molecule has 118 valence electrons. The van der Waals surface area contributed by atoms with Gasteiger partial charge in [-0.1, -0.05) is 34.5 Å². The van der Waals surface area contributed by atoms with Crippen molar-refractivity contribution in [1.29, 1.82) is 0 Å². The summed E-state index contributed by atoms with van der Waals surface area (Å²) in [7, 11) is -3.72. The molecule has 2 rings (SSSR count). The van der Waals surface area contributed by atoms with Crippen molar-refractivity contribution in [2.45, 2.75) is 43.1 Å². The highest BCUT2D eigenvalue weighted by atomic mass is 79.9. The third-order valence-electron chi connectivity index (χ3n) is 3.98. The SMILES string of the molecule is CC1CCC(O)(CNS(=O)(=O)c2ccc(Br)cc2Cl)CC1. The van der Waals surface area contributed by atoms with Gasteiger partial charge in [-0.05, 0) is 49.8 Å². The van der Waals surface area contributed by atoms with Crippen LogP contribution in [0.25, 0.3) is 0 Å². The van der Waals surface area contributed by atoms with Crippen LogP contribution < -0.4 is 4.72 Å². The van der Waals surface area contributed by atoms with E-state index in [9.17, 15) is 13.5 Å². The average Bonchev–Trinajstić information content (AvgIpc) is 2.40. The summed E-state index contributed by atoms with van der Waals surface area (Å²) in [5.41, 5.74) is -0.957. The van der Waals surface area contributed by atoms with Crippen LogP contribution in [0.5, 0.6) is 0 Å². The maximum atomic E-state index is 12.3. The van der Waals surface area contributed by atoms with Gasteiger partial charge < -0.3 is 5.11 Å². The van der Waals surface area contributed by atoms with Crippen LogP contribution in [0.1, 0.15) is 32.6 Å². The number of hydrogen-bond donors (Lipinski definition) is 2. The van der Waals surface area contributed by atoms with Crippen LogP contribution in [-0.2, 0) is 10.0 Å². The molecule has 1 saturated carbocycles. The number of hydrogen-bond acceptors (Lipinski definition) is 3. The van der Waals surface area contributed by atoms with Crippen LogP contribution >= 0.6 is 27.5 Å². The molecule has 0 amide bonds. The summed E-state index contributed by atoms with van der Waals surface area (Å²) in [6, 6.07) is 4.60. The van der Waals surface area contributed by atoms with Gasteiger partial charge in [0.05, 0.1) is 10.6 Å². The van der Waals surface area contributed by atoms with Crippen LogP contribution in [0.4, 0.5) is 0 Å². The minimum Gasteiger partial charge on any atom is -0.389 e. The molecule has 0 bridgehead atoms. The number of aliphatic hydroxyl groups is 1. The molecule has 1 aliphatic rings. The number of sulfonamides is 1. The van der Waals surface area contributed by atoms with E-state index in [4.69, 9.17) is 11.6 Å². The monoisotopic (exact) mass is 395 g/mol. The Kier molecular flexibility index (Phi) is 5.36. The van der Waals surface area contributed by atoms with E-state index in [0.29, 0.717) is 23.2 Å². The van der Waals surface area contributed by atoms with E-state index in [1.807, 2.05) is 0 Å². The highest BCUT2D eigenvalue weighted by molar-refractivity contribution is 9.10. The fraction of sp³-hybridized carbons (Fsp3) is 0.571. The lowest BCUT2D eigenvalue weighted by Crippen LogP contribution is -2.45. The predicted molar refractivity (Wildman–Crippen MR) is 86.9 cm³/mol. The second kappa shape index (κ2) is 6.54. The van der Waals surface area contributed by atoms with Gasteiger partial charge in [-0.25, -0.2) is 13.1 Å². The Morgan fingerprint density at radius 2 is 2.05 bits per heavy atom. The maximum Gasteiger partial charge on any atom is 0.242 e. The first-order valence-electron chi connectivity index (χ1n) is 6.89. The molecule has 1 aromatic rings. The van der Waals surface area contributed by atoms with Crippen molar-refractivity contribution >= 4 is 37.6 Å². The first-order valence-corrected chi connectivity index (χ1v) is 9.54. The van der Waals surface area contributed by atoms with Crippen molar-refractivity contribution in [3.05, 3.63) is 27.7 Å². The van der Waals surface area contributed by atoms with Crippen molar-refractivity contribution in [1.82, 2.24) is 4.72 Å². The predicted octanol–water partition coefficient (Wildman–Crippen LogP) is 3.32. The molecule has 0 unspecified atom stereocenters. The van der Waals surface area contributed by atoms with Crippen molar-refractivity contribution in [3.8, 4) is 0 Å². The number of nitrogens with one attached hydrogen (secondary N) is 1. The molecule has 0 aromatic heterocycles. The molecule has 0 atom stereocenters. The highest BCUT2D eigenvalue weighted by Crippen LogP contribution is 2.32. The standard InChI is InChI=1S/C14H19BrClNO3S/c1-10-4-6-14(18,7-5-10)9-17-21(19,20)13-3-2-11(15)8-12(13)16/h2-3,8,10,17-18H,4-7,9H2,1H3. The Bertz CT molecular complexity index is 613. The number of rotatable bonds is 4. The van der Waals surface area contributed by atoms with Crippen molar-refractivity contribution in [3.63, 3.8) is 0 Å². The second-order valence-electron chi connectivity index (χ2n) is 5.81. The molecular formula is C14H19BrClNO3S. The average molecular weight is 397 g/mol. The summed E-state index contributed by atoms with van der Waals surface area (Å²) < 4.78 is 27.8. The van der Waals surface area contributed by atoms with Crippen LogP contribution in [0, 0.1) is 5.92 Å². The van der Waals surface area contributed by atoms with E-state index in [1.165, 1.54) is 12.1 Å². The van der Waals surface area contributed by atoms with Crippen molar-refractivity contribution < 1.29 is 13.5 Å². The topological polar surface area (TPSA) is 66.4 Å². The first kappa shape index (κ1) is 17.2. The summed E-state index contributed by atoms with van der Waals surface area (Å²) in [5, 5.41) is 10.6. The third-order valence-corrected chi connectivity index (χ3v) is 6.36. The van der Waals surface area contributed by atoms with Crippen molar-refractivity contribution in [2.75, 3.05) is 6.54 Å². The molecule has 0 radical (unpaired) electrons. The smallest absolute Gasteiger partial charge is 0.242 e. The lowest BCUT2D eigenvalue weighted by Gasteiger charge is -2.34. The lowest BCUT2D eigenvalue weighted by molar-refractivity contribution is -0.00182. The molecule has 21 heavy (non-hydrogen) atoms. The molecule has 7 heteroatoms. The van der Waals surface area contributed by atoms with Crippen LogP contribution in [-0.4, -0.2) is 25.7 Å². The molecule has 0 saturated heterocycles. The Balaban J connectivity index is 2.08. The van der Waals surface area contributed by atoms with E-state index in [1.54, 1.807) is 6.07 Å². The molecule has 4 nitrogen and oxygen atoms in total. The summed E-state index contributed by atoms with van der Waals surface area (Å²) in [6.45, 7) is 2.17. The van der Waals surface area contributed by atoms with E-state index >= 15 is 0 Å².